The topological polar surface area (TPSA) is 0 Å². The van der Waals surface area contributed by atoms with Gasteiger partial charge in [-0.05, 0) is 30.1 Å². The molecule has 0 nitrogen and oxygen atoms in total. The van der Waals surface area contributed by atoms with E-state index < -0.39 is 0 Å². The van der Waals surface area contributed by atoms with Crippen LogP contribution in [0.5, 0.6) is 0 Å². The van der Waals surface area contributed by atoms with E-state index in [2.05, 4.69) is 27.7 Å². The highest BCUT2D eigenvalue weighted by molar-refractivity contribution is 4.76. The van der Waals surface area contributed by atoms with E-state index in [1.165, 1.54) is 38.5 Å². The largest absolute Gasteiger partial charge is 0.0654 e. The van der Waals surface area contributed by atoms with Gasteiger partial charge >= 0.3 is 0 Å². The molecular formula is C14H28. The van der Waals surface area contributed by atoms with Gasteiger partial charge in [-0.1, -0.05) is 59.8 Å². The first-order valence-corrected chi connectivity index (χ1v) is 6.65. The van der Waals surface area contributed by atoms with E-state index in [1.807, 2.05) is 0 Å². The van der Waals surface area contributed by atoms with Gasteiger partial charge in [0, 0.05) is 0 Å². The van der Waals surface area contributed by atoms with Crippen LogP contribution in [0.4, 0.5) is 0 Å². The molecule has 0 aromatic carbocycles. The maximum atomic E-state index is 2.48. The smallest absolute Gasteiger partial charge is 0.0363 e. The van der Waals surface area contributed by atoms with Crippen LogP contribution in [0.1, 0.15) is 66.2 Å². The molecule has 0 amide bonds. The van der Waals surface area contributed by atoms with Crippen LogP contribution in [0.15, 0.2) is 0 Å². The Hall–Kier alpha value is 0. The fourth-order valence-corrected chi connectivity index (χ4v) is 3.39. The number of rotatable bonds is 2. The van der Waals surface area contributed by atoms with Crippen molar-refractivity contribution in [3.05, 3.63) is 0 Å². The van der Waals surface area contributed by atoms with Crippen LogP contribution >= 0.6 is 0 Å². The lowest BCUT2D eigenvalue weighted by Crippen LogP contribution is -2.24. The summed E-state index contributed by atoms with van der Waals surface area (Å²) < 4.78 is 0. The molecule has 4 atom stereocenters. The van der Waals surface area contributed by atoms with Crippen LogP contribution in [0.2, 0.25) is 0 Å². The van der Waals surface area contributed by atoms with Crippen LogP contribution in [-0.4, -0.2) is 0 Å². The van der Waals surface area contributed by atoms with Crippen molar-refractivity contribution in [1.82, 2.24) is 0 Å². The van der Waals surface area contributed by atoms with Crippen molar-refractivity contribution in [3.63, 3.8) is 0 Å². The molecule has 0 aromatic rings. The molecule has 84 valence electrons. The Morgan fingerprint density at radius 3 is 2.36 bits per heavy atom. The minimum atomic E-state index is 0.959. The van der Waals surface area contributed by atoms with E-state index >= 15 is 0 Å². The summed E-state index contributed by atoms with van der Waals surface area (Å²) in [6.45, 7) is 9.74. The standard InChI is InChI=1S/C14H28/c1-5-7-14-12(3)9-6-8-11(2)10-13(14)4/h11-14H,5-10H2,1-4H3. The molecule has 0 aliphatic heterocycles. The summed E-state index contributed by atoms with van der Waals surface area (Å²) in [7, 11) is 0. The van der Waals surface area contributed by atoms with Crippen LogP contribution < -0.4 is 0 Å². The van der Waals surface area contributed by atoms with E-state index in [4.69, 9.17) is 0 Å². The zero-order valence-corrected chi connectivity index (χ0v) is 10.6. The van der Waals surface area contributed by atoms with Crippen LogP contribution in [-0.2, 0) is 0 Å². The number of hydrogen-bond donors (Lipinski definition) is 0. The van der Waals surface area contributed by atoms with Gasteiger partial charge in [0.2, 0.25) is 0 Å². The molecule has 0 N–H and O–H groups in total. The van der Waals surface area contributed by atoms with Crippen molar-refractivity contribution in [2.45, 2.75) is 66.2 Å². The lowest BCUT2D eigenvalue weighted by Gasteiger charge is -2.34. The van der Waals surface area contributed by atoms with E-state index in [1.54, 1.807) is 0 Å². The molecule has 1 fully saturated rings. The van der Waals surface area contributed by atoms with E-state index in [0.29, 0.717) is 0 Å². The Morgan fingerprint density at radius 1 is 1.00 bits per heavy atom. The van der Waals surface area contributed by atoms with Crippen molar-refractivity contribution in [1.29, 1.82) is 0 Å². The zero-order valence-electron chi connectivity index (χ0n) is 10.6. The average Bonchev–Trinajstić information content (AvgIpc) is 2.12. The van der Waals surface area contributed by atoms with Gasteiger partial charge in [-0.15, -0.1) is 0 Å². The quantitative estimate of drug-likeness (QED) is 0.590. The summed E-state index contributed by atoms with van der Waals surface area (Å²) in [6, 6.07) is 0. The van der Waals surface area contributed by atoms with Gasteiger partial charge in [-0.3, -0.25) is 0 Å². The first-order valence-electron chi connectivity index (χ1n) is 6.65. The highest BCUT2D eigenvalue weighted by atomic mass is 14.3. The maximum Gasteiger partial charge on any atom is -0.0363 e. The maximum absolute atomic E-state index is 2.48. The SMILES string of the molecule is CCCC1C(C)CCCC(C)CC1C. The summed E-state index contributed by atoms with van der Waals surface area (Å²) in [5, 5.41) is 0. The third kappa shape index (κ3) is 3.29. The zero-order chi connectivity index (χ0) is 10.6. The second-order valence-corrected chi connectivity index (χ2v) is 5.68. The van der Waals surface area contributed by atoms with Gasteiger partial charge in [0.25, 0.3) is 0 Å². The summed E-state index contributed by atoms with van der Waals surface area (Å²) in [5.41, 5.74) is 0. The van der Waals surface area contributed by atoms with Gasteiger partial charge in [-0.2, -0.15) is 0 Å². The third-order valence-corrected chi connectivity index (χ3v) is 4.21. The predicted molar refractivity (Wildman–Crippen MR) is 64.4 cm³/mol. The first kappa shape index (κ1) is 12.1. The molecule has 4 unspecified atom stereocenters. The lowest BCUT2D eigenvalue weighted by atomic mass is 9.72. The highest BCUT2D eigenvalue weighted by Crippen LogP contribution is 2.36. The second-order valence-electron chi connectivity index (χ2n) is 5.68. The molecular weight excluding hydrogens is 168 g/mol. The monoisotopic (exact) mass is 196 g/mol. The second kappa shape index (κ2) is 5.78. The summed E-state index contributed by atoms with van der Waals surface area (Å²) in [4.78, 5) is 0. The Bertz CT molecular complexity index is 150. The summed E-state index contributed by atoms with van der Waals surface area (Å²) >= 11 is 0. The van der Waals surface area contributed by atoms with Crippen molar-refractivity contribution in [3.8, 4) is 0 Å². The first-order chi connectivity index (χ1) is 6.65. The molecule has 0 saturated heterocycles. The van der Waals surface area contributed by atoms with Crippen molar-refractivity contribution in [2.24, 2.45) is 23.7 Å². The van der Waals surface area contributed by atoms with Gasteiger partial charge in [0.1, 0.15) is 0 Å². The molecule has 1 rings (SSSR count). The molecule has 0 aromatic heterocycles. The van der Waals surface area contributed by atoms with Gasteiger partial charge in [-0.25, -0.2) is 0 Å². The molecule has 0 heterocycles. The Balaban J connectivity index is 2.55. The molecule has 0 heteroatoms. The molecule has 0 spiro atoms. The Labute approximate surface area is 90.5 Å². The van der Waals surface area contributed by atoms with Crippen molar-refractivity contribution in [2.75, 3.05) is 0 Å². The minimum Gasteiger partial charge on any atom is -0.0654 e. The normalized spacial score (nSPS) is 40.3. The van der Waals surface area contributed by atoms with Crippen molar-refractivity contribution >= 4 is 0 Å². The third-order valence-electron chi connectivity index (χ3n) is 4.21. The summed E-state index contributed by atoms with van der Waals surface area (Å²) in [6.07, 6.45) is 8.69. The Morgan fingerprint density at radius 2 is 1.71 bits per heavy atom. The molecule has 1 aliphatic carbocycles. The van der Waals surface area contributed by atoms with E-state index in [-0.39, 0.29) is 0 Å². The fraction of sp³-hybridized carbons (Fsp3) is 1.00. The van der Waals surface area contributed by atoms with Crippen LogP contribution in [0.3, 0.4) is 0 Å². The molecule has 14 heavy (non-hydrogen) atoms. The van der Waals surface area contributed by atoms with Crippen LogP contribution in [0.25, 0.3) is 0 Å². The molecule has 1 aliphatic rings. The summed E-state index contributed by atoms with van der Waals surface area (Å²) in [5.74, 6) is 3.90. The molecule has 0 bridgehead atoms. The average molecular weight is 196 g/mol. The highest BCUT2D eigenvalue weighted by Gasteiger charge is 2.26. The lowest BCUT2D eigenvalue weighted by molar-refractivity contribution is 0.169. The van der Waals surface area contributed by atoms with Gasteiger partial charge in [0.05, 0.1) is 0 Å². The minimum absolute atomic E-state index is 0.959. The predicted octanol–water partition coefficient (Wildman–Crippen LogP) is 4.89. The fourth-order valence-electron chi connectivity index (χ4n) is 3.39. The van der Waals surface area contributed by atoms with Gasteiger partial charge < -0.3 is 0 Å². The molecule has 1 saturated carbocycles. The number of hydrogen-bond acceptors (Lipinski definition) is 0. The molecule has 0 radical (unpaired) electrons. The van der Waals surface area contributed by atoms with Gasteiger partial charge in [0.15, 0.2) is 0 Å². The van der Waals surface area contributed by atoms with Crippen molar-refractivity contribution < 1.29 is 0 Å². The van der Waals surface area contributed by atoms with Crippen LogP contribution in [0, 0.1) is 23.7 Å². The van der Waals surface area contributed by atoms with E-state index in [9.17, 15) is 0 Å². The Kier molecular flexibility index (Phi) is 4.98. The van der Waals surface area contributed by atoms with E-state index in [0.717, 1.165) is 23.7 Å².